The first kappa shape index (κ1) is 17.2. The van der Waals surface area contributed by atoms with Crippen LogP contribution in [0.4, 0.5) is 4.79 Å². The number of pyridine rings is 1. The van der Waals surface area contributed by atoms with Gasteiger partial charge in [-0.05, 0) is 41.8 Å². The van der Waals surface area contributed by atoms with Gasteiger partial charge in [0.25, 0.3) is 0 Å². The number of halogens is 1. The van der Waals surface area contributed by atoms with Crippen molar-refractivity contribution in [2.45, 2.75) is 19.5 Å². The molecule has 1 atom stereocenters. The molecule has 6 heteroatoms. The lowest BCUT2D eigenvalue weighted by molar-refractivity contribution is 0.166. The van der Waals surface area contributed by atoms with Crippen molar-refractivity contribution in [2.75, 3.05) is 13.7 Å². The van der Waals surface area contributed by atoms with Crippen molar-refractivity contribution in [3.63, 3.8) is 0 Å². The van der Waals surface area contributed by atoms with Crippen LogP contribution in [-0.4, -0.2) is 24.7 Å². The number of nitrogens with one attached hydrogen (secondary N) is 2. The van der Waals surface area contributed by atoms with Crippen LogP contribution < -0.4 is 10.6 Å². The molecule has 1 heterocycles. The smallest absolute Gasteiger partial charge is 0.315 e. The first-order valence-electron chi connectivity index (χ1n) is 7.28. The average Bonchev–Trinajstić information content (AvgIpc) is 2.54. The van der Waals surface area contributed by atoms with E-state index in [2.05, 4.69) is 15.6 Å². The Balaban J connectivity index is 1.95. The average molecular weight is 334 g/mol. The summed E-state index contributed by atoms with van der Waals surface area (Å²) in [6.45, 7) is 2.78. The van der Waals surface area contributed by atoms with Crippen LogP contribution in [0.3, 0.4) is 0 Å². The maximum absolute atomic E-state index is 12.1. The van der Waals surface area contributed by atoms with Crippen molar-refractivity contribution in [1.29, 1.82) is 0 Å². The normalized spacial score (nSPS) is 11.8. The summed E-state index contributed by atoms with van der Waals surface area (Å²) in [4.78, 5) is 16.2. The summed E-state index contributed by atoms with van der Waals surface area (Å²) in [5, 5.41) is 6.42. The monoisotopic (exact) mass is 333 g/mol. The van der Waals surface area contributed by atoms with E-state index in [-0.39, 0.29) is 12.1 Å². The van der Waals surface area contributed by atoms with Gasteiger partial charge in [-0.2, -0.15) is 0 Å². The first-order chi connectivity index (χ1) is 11.1. The molecule has 0 aliphatic carbocycles. The Morgan fingerprint density at radius 3 is 2.70 bits per heavy atom. The van der Waals surface area contributed by atoms with Gasteiger partial charge >= 0.3 is 6.03 Å². The number of hydrogen-bond donors (Lipinski definition) is 2. The number of hydrogen-bond acceptors (Lipinski definition) is 3. The van der Waals surface area contributed by atoms with E-state index in [4.69, 9.17) is 16.3 Å². The molecule has 2 rings (SSSR count). The highest BCUT2D eigenvalue weighted by Crippen LogP contribution is 2.17. The summed E-state index contributed by atoms with van der Waals surface area (Å²) in [6, 6.07) is 8.73. The fourth-order valence-electron chi connectivity index (χ4n) is 2.17. The predicted octanol–water partition coefficient (Wildman–Crippen LogP) is 3.23. The second-order valence-electron chi connectivity index (χ2n) is 5.19. The maximum Gasteiger partial charge on any atom is 0.315 e. The molecule has 0 fully saturated rings. The van der Waals surface area contributed by atoms with Crippen LogP contribution in [0.25, 0.3) is 0 Å². The molecule has 1 aromatic heterocycles. The molecule has 0 bridgehead atoms. The van der Waals surface area contributed by atoms with Gasteiger partial charge in [-0.1, -0.05) is 23.7 Å². The molecule has 2 aromatic rings. The van der Waals surface area contributed by atoms with Gasteiger partial charge in [0, 0.05) is 31.1 Å². The Labute approximate surface area is 141 Å². The lowest BCUT2D eigenvalue weighted by Crippen LogP contribution is -2.39. The van der Waals surface area contributed by atoms with Gasteiger partial charge < -0.3 is 15.4 Å². The van der Waals surface area contributed by atoms with Gasteiger partial charge in [0.1, 0.15) is 0 Å². The lowest BCUT2D eigenvalue weighted by atomic mass is 10.1. The number of carbonyl (C=O) groups is 1. The number of rotatable bonds is 6. The molecule has 0 radical (unpaired) electrons. The number of benzene rings is 1. The molecule has 5 nitrogen and oxygen atoms in total. The molecule has 23 heavy (non-hydrogen) atoms. The maximum atomic E-state index is 12.1. The van der Waals surface area contributed by atoms with Gasteiger partial charge in [0.05, 0.1) is 12.6 Å². The number of amides is 2. The Morgan fingerprint density at radius 1 is 1.30 bits per heavy atom. The summed E-state index contributed by atoms with van der Waals surface area (Å²) in [5.41, 5.74) is 3.01. The number of methoxy groups -OCH3 is 1. The predicted molar refractivity (Wildman–Crippen MR) is 90.4 cm³/mol. The molecule has 0 spiro atoms. The van der Waals surface area contributed by atoms with Gasteiger partial charge in [0.15, 0.2) is 0 Å². The Hall–Kier alpha value is -2.11. The summed E-state index contributed by atoms with van der Waals surface area (Å²) >= 11 is 5.90. The van der Waals surface area contributed by atoms with Crippen LogP contribution in [0, 0.1) is 6.92 Å². The highest BCUT2D eigenvalue weighted by molar-refractivity contribution is 6.30. The van der Waals surface area contributed by atoms with Crippen molar-refractivity contribution in [1.82, 2.24) is 15.6 Å². The fourth-order valence-corrected chi connectivity index (χ4v) is 2.29. The van der Waals surface area contributed by atoms with Gasteiger partial charge in [-0.25, -0.2) is 4.79 Å². The van der Waals surface area contributed by atoms with Crippen LogP contribution in [0.15, 0.2) is 42.7 Å². The van der Waals surface area contributed by atoms with Crippen molar-refractivity contribution in [3.8, 4) is 0 Å². The van der Waals surface area contributed by atoms with Crippen LogP contribution in [0.1, 0.15) is 22.7 Å². The van der Waals surface area contributed by atoms with Crippen LogP contribution in [0.5, 0.6) is 0 Å². The molecule has 0 saturated heterocycles. The van der Waals surface area contributed by atoms with Crippen LogP contribution in [-0.2, 0) is 11.3 Å². The molecule has 122 valence electrons. The minimum absolute atomic E-state index is 0.240. The molecule has 0 saturated carbocycles. The van der Waals surface area contributed by atoms with Gasteiger partial charge in [0.2, 0.25) is 0 Å². The molecule has 0 aliphatic rings. The second-order valence-corrected chi connectivity index (χ2v) is 5.63. The molecule has 1 aromatic carbocycles. The van der Waals surface area contributed by atoms with E-state index < -0.39 is 0 Å². The summed E-state index contributed by atoms with van der Waals surface area (Å²) < 4.78 is 5.19. The topological polar surface area (TPSA) is 63.2 Å². The SMILES string of the molecule is COCC(NC(=O)NCc1ccncc1C)c1ccc(Cl)cc1. The van der Waals surface area contributed by atoms with E-state index in [0.717, 1.165) is 16.7 Å². The zero-order valence-corrected chi connectivity index (χ0v) is 13.9. The zero-order valence-electron chi connectivity index (χ0n) is 13.2. The van der Waals surface area contributed by atoms with Crippen LogP contribution in [0.2, 0.25) is 5.02 Å². The van der Waals surface area contributed by atoms with E-state index in [1.807, 2.05) is 25.1 Å². The Bertz CT molecular complexity index is 647. The minimum atomic E-state index is -0.252. The van der Waals surface area contributed by atoms with E-state index in [0.29, 0.717) is 18.2 Å². The quantitative estimate of drug-likeness (QED) is 0.853. The third kappa shape index (κ3) is 5.23. The van der Waals surface area contributed by atoms with Crippen molar-refractivity contribution in [3.05, 3.63) is 64.4 Å². The zero-order chi connectivity index (χ0) is 16.7. The molecule has 0 aliphatic heterocycles. The van der Waals surface area contributed by atoms with E-state index in [9.17, 15) is 4.79 Å². The largest absolute Gasteiger partial charge is 0.382 e. The fraction of sp³-hybridized carbons (Fsp3) is 0.294. The molecule has 1 unspecified atom stereocenters. The highest BCUT2D eigenvalue weighted by Gasteiger charge is 2.14. The van der Waals surface area contributed by atoms with E-state index in [1.54, 1.807) is 31.6 Å². The molecular weight excluding hydrogens is 314 g/mol. The second kappa shape index (κ2) is 8.50. The summed E-state index contributed by atoms with van der Waals surface area (Å²) in [5.74, 6) is 0. The number of aryl methyl sites for hydroxylation is 1. The summed E-state index contributed by atoms with van der Waals surface area (Å²) in [6.07, 6.45) is 3.49. The van der Waals surface area contributed by atoms with Crippen molar-refractivity contribution in [2.24, 2.45) is 0 Å². The lowest BCUT2D eigenvalue weighted by Gasteiger charge is -2.19. The van der Waals surface area contributed by atoms with Crippen LogP contribution >= 0.6 is 11.6 Å². The van der Waals surface area contributed by atoms with E-state index >= 15 is 0 Å². The van der Waals surface area contributed by atoms with Crippen molar-refractivity contribution < 1.29 is 9.53 Å². The number of urea groups is 1. The Morgan fingerprint density at radius 2 is 2.04 bits per heavy atom. The van der Waals surface area contributed by atoms with Gasteiger partial charge in [-0.15, -0.1) is 0 Å². The highest BCUT2D eigenvalue weighted by atomic mass is 35.5. The summed E-state index contributed by atoms with van der Waals surface area (Å²) in [7, 11) is 1.60. The molecule has 2 N–H and O–H groups in total. The third-order valence-electron chi connectivity index (χ3n) is 3.49. The molecular formula is C17H20ClN3O2. The first-order valence-corrected chi connectivity index (χ1v) is 7.66. The number of aromatic nitrogens is 1. The number of ether oxygens (including phenoxy) is 1. The number of nitrogens with zero attached hydrogens (tertiary/aromatic N) is 1. The standard InChI is InChI=1S/C17H20ClN3O2/c1-12-9-19-8-7-14(12)10-20-17(22)21-16(11-23-2)13-3-5-15(18)6-4-13/h3-9,16H,10-11H2,1-2H3,(H2,20,21,22). The van der Waals surface area contributed by atoms with Gasteiger partial charge in [-0.3, -0.25) is 4.98 Å². The third-order valence-corrected chi connectivity index (χ3v) is 3.74. The minimum Gasteiger partial charge on any atom is -0.382 e. The molecule has 2 amide bonds. The Kier molecular flexibility index (Phi) is 6.38. The number of carbonyl (C=O) groups excluding carboxylic acids is 1. The van der Waals surface area contributed by atoms with Crippen molar-refractivity contribution >= 4 is 17.6 Å². The van der Waals surface area contributed by atoms with E-state index in [1.165, 1.54) is 0 Å².